The van der Waals surface area contributed by atoms with Gasteiger partial charge in [-0.1, -0.05) is 12.1 Å². The summed E-state index contributed by atoms with van der Waals surface area (Å²) >= 11 is 0. The topological polar surface area (TPSA) is 116 Å². The van der Waals surface area contributed by atoms with Crippen LogP contribution in [0.1, 0.15) is 12.8 Å². The largest absolute Gasteiger partial charge is 0.475 e. The number of esters is 1. The van der Waals surface area contributed by atoms with Gasteiger partial charge in [0.15, 0.2) is 19.0 Å². The molecule has 0 unspecified atom stereocenters. The fourth-order valence-corrected chi connectivity index (χ4v) is 2.04. The van der Waals surface area contributed by atoms with Crippen LogP contribution < -0.4 is 4.74 Å². The lowest BCUT2D eigenvalue weighted by molar-refractivity contribution is -0.385. The number of carbonyl (C=O) groups is 3. The van der Waals surface area contributed by atoms with Gasteiger partial charge in [-0.25, -0.2) is 4.79 Å². The molecule has 0 atom stereocenters. The van der Waals surface area contributed by atoms with Crippen LogP contribution in [0.15, 0.2) is 24.3 Å². The SMILES string of the molecule is O=C(COc1ccccc1[N+](=O)[O-])OCC(=O)N1CCCC1=O. The summed E-state index contributed by atoms with van der Waals surface area (Å²) in [7, 11) is 0. The molecule has 9 heteroatoms. The number of ether oxygens (including phenoxy) is 2. The number of rotatable bonds is 6. The maximum Gasteiger partial charge on any atom is 0.344 e. The van der Waals surface area contributed by atoms with E-state index in [4.69, 9.17) is 9.47 Å². The fraction of sp³-hybridized carbons (Fsp3) is 0.357. The Morgan fingerprint density at radius 2 is 2.00 bits per heavy atom. The van der Waals surface area contributed by atoms with Crippen molar-refractivity contribution in [3.8, 4) is 5.75 Å². The first kappa shape index (κ1) is 16.4. The van der Waals surface area contributed by atoms with Gasteiger partial charge >= 0.3 is 11.7 Å². The van der Waals surface area contributed by atoms with Crippen LogP contribution in [-0.2, 0) is 19.1 Å². The first-order chi connectivity index (χ1) is 11.0. The number of nitro groups is 1. The molecular weight excluding hydrogens is 308 g/mol. The highest BCUT2D eigenvalue weighted by atomic mass is 16.6. The summed E-state index contributed by atoms with van der Waals surface area (Å²) in [5.41, 5.74) is -0.279. The molecule has 9 nitrogen and oxygen atoms in total. The number of nitro benzene ring substituents is 1. The number of para-hydroxylation sites is 2. The second kappa shape index (κ2) is 7.34. The molecule has 0 radical (unpaired) electrons. The number of hydrogen-bond donors (Lipinski definition) is 0. The average molecular weight is 322 g/mol. The Kier molecular flexibility index (Phi) is 5.23. The zero-order valence-electron chi connectivity index (χ0n) is 12.1. The number of nitrogens with zero attached hydrogens (tertiary/aromatic N) is 2. The third-order valence-corrected chi connectivity index (χ3v) is 3.14. The van der Waals surface area contributed by atoms with Crippen molar-refractivity contribution in [1.82, 2.24) is 4.90 Å². The highest BCUT2D eigenvalue weighted by Crippen LogP contribution is 2.25. The van der Waals surface area contributed by atoms with E-state index in [1.807, 2.05) is 0 Å². The Balaban J connectivity index is 1.81. The molecule has 0 spiro atoms. The Morgan fingerprint density at radius 1 is 1.26 bits per heavy atom. The lowest BCUT2D eigenvalue weighted by atomic mass is 10.3. The molecule has 1 aliphatic rings. The van der Waals surface area contributed by atoms with E-state index in [1.54, 1.807) is 0 Å². The third-order valence-electron chi connectivity index (χ3n) is 3.14. The van der Waals surface area contributed by atoms with Crippen molar-refractivity contribution in [2.45, 2.75) is 12.8 Å². The molecule has 2 amide bonds. The smallest absolute Gasteiger partial charge is 0.344 e. The molecule has 1 heterocycles. The van der Waals surface area contributed by atoms with Crippen LogP contribution >= 0.6 is 0 Å². The summed E-state index contributed by atoms with van der Waals surface area (Å²) in [6.07, 6.45) is 0.903. The Labute approximate surface area is 130 Å². The highest BCUT2D eigenvalue weighted by molar-refractivity contribution is 5.97. The van der Waals surface area contributed by atoms with E-state index in [-0.39, 0.29) is 17.3 Å². The van der Waals surface area contributed by atoms with E-state index in [9.17, 15) is 24.5 Å². The van der Waals surface area contributed by atoms with E-state index in [0.717, 1.165) is 4.90 Å². The van der Waals surface area contributed by atoms with Crippen molar-refractivity contribution < 1.29 is 28.8 Å². The lowest BCUT2D eigenvalue weighted by Crippen LogP contribution is -2.35. The van der Waals surface area contributed by atoms with Gasteiger partial charge in [0.05, 0.1) is 4.92 Å². The maximum atomic E-state index is 11.7. The normalized spacial score (nSPS) is 13.7. The van der Waals surface area contributed by atoms with E-state index in [1.165, 1.54) is 24.3 Å². The highest BCUT2D eigenvalue weighted by Gasteiger charge is 2.27. The fourth-order valence-electron chi connectivity index (χ4n) is 2.04. The van der Waals surface area contributed by atoms with Crippen molar-refractivity contribution in [2.24, 2.45) is 0 Å². The van der Waals surface area contributed by atoms with Gasteiger partial charge in [-0.05, 0) is 12.5 Å². The van der Waals surface area contributed by atoms with E-state index < -0.39 is 30.0 Å². The van der Waals surface area contributed by atoms with Crippen molar-refractivity contribution in [3.63, 3.8) is 0 Å². The second-order valence-electron chi connectivity index (χ2n) is 4.72. The first-order valence-corrected chi connectivity index (χ1v) is 6.84. The van der Waals surface area contributed by atoms with Crippen molar-refractivity contribution >= 4 is 23.5 Å². The van der Waals surface area contributed by atoms with Gasteiger partial charge in [-0.15, -0.1) is 0 Å². The van der Waals surface area contributed by atoms with E-state index in [0.29, 0.717) is 19.4 Å². The maximum absolute atomic E-state index is 11.7. The molecular formula is C14H14N2O7. The van der Waals surface area contributed by atoms with Gasteiger partial charge < -0.3 is 9.47 Å². The predicted molar refractivity (Wildman–Crippen MR) is 75.5 cm³/mol. The molecule has 0 aliphatic carbocycles. The standard InChI is InChI=1S/C14H14N2O7/c17-12-6-3-7-15(12)13(18)8-23-14(19)9-22-11-5-2-1-4-10(11)16(20)21/h1-2,4-5H,3,6-9H2. The molecule has 1 fully saturated rings. The minimum absolute atomic E-state index is 0.0736. The number of benzene rings is 1. The molecule has 23 heavy (non-hydrogen) atoms. The zero-order chi connectivity index (χ0) is 16.8. The predicted octanol–water partition coefficient (Wildman–Crippen LogP) is 0.666. The third kappa shape index (κ3) is 4.25. The summed E-state index contributed by atoms with van der Waals surface area (Å²) < 4.78 is 9.74. The number of hydrogen-bond acceptors (Lipinski definition) is 7. The number of amides is 2. The quantitative estimate of drug-likeness (QED) is 0.429. The molecule has 0 bridgehead atoms. The summed E-state index contributed by atoms with van der Waals surface area (Å²) in [6, 6.07) is 5.58. The van der Waals surface area contributed by atoms with Crippen LogP contribution in [0.25, 0.3) is 0 Å². The lowest BCUT2D eigenvalue weighted by Gasteiger charge is -2.13. The minimum atomic E-state index is -0.858. The van der Waals surface area contributed by atoms with Gasteiger partial charge in [0.2, 0.25) is 5.91 Å². The number of likely N-dealkylation sites (tertiary alicyclic amines) is 1. The molecule has 0 saturated carbocycles. The van der Waals surface area contributed by atoms with Crippen molar-refractivity contribution in [2.75, 3.05) is 19.8 Å². The Hall–Kier alpha value is -2.97. The summed E-state index contributed by atoms with van der Waals surface area (Å²) in [4.78, 5) is 45.7. The minimum Gasteiger partial charge on any atom is -0.475 e. The summed E-state index contributed by atoms with van der Waals surface area (Å²) in [5, 5.41) is 10.8. The van der Waals surface area contributed by atoms with Gasteiger partial charge in [0.1, 0.15) is 0 Å². The Bertz CT molecular complexity index is 644. The summed E-state index contributed by atoms with van der Waals surface area (Å²) in [5.74, 6) is -1.81. The number of imide groups is 1. The number of carbonyl (C=O) groups excluding carboxylic acids is 3. The van der Waals surface area contributed by atoms with E-state index in [2.05, 4.69) is 0 Å². The van der Waals surface area contributed by atoms with Crippen LogP contribution in [0.3, 0.4) is 0 Å². The zero-order valence-corrected chi connectivity index (χ0v) is 12.1. The monoisotopic (exact) mass is 322 g/mol. The molecule has 122 valence electrons. The Morgan fingerprint density at radius 3 is 2.65 bits per heavy atom. The second-order valence-corrected chi connectivity index (χ2v) is 4.72. The molecule has 1 aliphatic heterocycles. The molecule has 0 N–H and O–H groups in total. The molecule has 1 aromatic rings. The van der Waals surface area contributed by atoms with E-state index >= 15 is 0 Å². The van der Waals surface area contributed by atoms with Crippen LogP contribution in [0.5, 0.6) is 5.75 Å². The van der Waals surface area contributed by atoms with Crippen LogP contribution in [0, 0.1) is 10.1 Å². The van der Waals surface area contributed by atoms with Gasteiger partial charge in [0, 0.05) is 19.0 Å². The van der Waals surface area contributed by atoms with Gasteiger partial charge in [-0.3, -0.25) is 24.6 Å². The molecule has 0 aromatic heterocycles. The molecule has 1 aromatic carbocycles. The van der Waals surface area contributed by atoms with Gasteiger partial charge in [-0.2, -0.15) is 0 Å². The van der Waals surface area contributed by atoms with Crippen molar-refractivity contribution in [1.29, 1.82) is 0 Å². The summed E-state index contributed by atoms with van der Waals surface area (Å²) in [6.45, 7) is -0.821. The van der Waals surface area contributed by atoms with Crippen LogP contribution in [0.2, 0.25) is 0 Å². The van der Waals surface area contributed by atoms with Crippen molar-refractivity contribution in [3.05, 3.63) is 34.4 Å². The molecule has 1 saturated heterocycles. The molecule has 2 rings (SSSR count). The van der Waals surface area contributed by atoms with Gasteiger partial charge in [0.25, 0.3) is 5.91 Å². The average Bonchev–Trinajstić information content (AvgIpc) is 2.97. The first-order valence-electron chi connectivity index (χ1n) is 6.84. The van der Waals surface area contributed by atoms with Crippen LogP contribution in [-0.4, -0.2) is 47.4 Å². The van der Waals surface area contributed by atoms with Crippen LogP contribution in [0.4, 0.5) is 5.69 Å².